The third-order valence-corrected chi connectivity index (χ3v) is 4.12. The Labute approximate surface area is 150 Å². The molecule has 4 rings (SSSR count). The van der Waals surface area contributed by atoms with Gasteiger partial charge in [-0.25, -0.2) is 4.98 Å². The molecule has 4 aromatic rings. The average molecular weight is 343 g/mol. The summed E-state index contributed by atoms with van der Waals surface area (Å²) in [6.45, 7) is 1.48. The number of carbonyl (C=O) groups is 1. The van der Waals surface area contributed by atoms with Gasteiger partial charge in [0.15, 0.2) is 11.5 Å². The number of rotatable bonds is 3. The Morgan fingerprint density at radius 3 is 2.58 bits per heavy atom. The van der Waals surface area contributed by atoms with Crippen LogP contribution in [0, 0.1) is 0 Å². The van der Waals surface area contributed by atoms with E-state index in [0.29, 0.717) is 11.5 Å². The Morgan fingerprint density at radius 2 is 1.81 bits per heavy atom. The molecule has 0 aliphatic rings. The molecule has 26 heavy (non-hydrogen) atoms. The van der Waals surface area contributed by atoms with Crippen LogP contribution in [0.25, 0.3) is 33.4 Å². The predicted octanol–water partition coefficient (Wildman–Crippen LogP) is 3.83. The van der Waals surface area contributed by atoms with Crippen LogP contribution in [-0.4, -0.2) is 21.1 Å². The average Bonchev–Trinajstić information content (AvgIpc) is 3.02. The number of hydrogen-bond donors (Lipinski definition) is 3. The van der Waals surface area contributed by atoms with Crippen LogP contribution in [0.15, 0.2) is 60.7 Å². The highest BCUT2D eigenvalue weighted by atomic mass is 16.1. The highest BCUT2D eigenvalue weighted by Gasteiger charge is 2.14. The molecule has 0 bridgehead atoms. The molecular formula is C20H17N5O. The molecule has 6 heteroatoms. The van der Waals surface area contributed by atoms with Crippen LogP contribution in [-0.2, 0) is 4.79 Å². The van der Waals surface area contributed by atoms with Crippen molar-refractivity contribution in [3.8, 4) is 22.4 Å². The number of benzene rings is 2. The van der Waals surface area contributed by atoms with Crippen LogP contribution in [0.5, 0.6) is 0 Å². The first-order valence-corrected chi connectivity index (χ1v) is 8.20. The summed E-state index contributed by atoms with van der Waals surface area (Å²) in [5.41, 5.74) is 11.1. The number of amides is 1. The quantitative estimate of drug-likeness (QED) is 0.526. The smallest absolute Gasteiger partial charge is 0.221 e. The predicted molar refractivity (Wildman–Crippen MR) is 103 cm³/mol. The molecule has 1 amide bonds. The topological polar surface area (TPSA) is 96.7 Å². The number of fused-ring (bicyclic) bond motifs is 1. The van der Waals surface area contributed by atoms with Crippen molar-refractivity contribution >= 4 is 28.4 Å². The van der Waals surface area contributed by atoms with Crippen molar-refractivity contribution in [1.82, 2.24) is 15.2 Å². The first kappa shape index (κ1) is 15.8. The second-order valence-electron chi connectivity index (χ2n) is 6.02. The molecule has 6 nitrogen and oxygen atoms in total. The molecule has 0 spiro atoms. The molecule has 0 unspecified atom stereocenters. The Balaban J connectivity index is 1.91. The van der Waals surface area contributed by atoms with E-state index in [2.05, 4.69) is 20.5 Å². The molecule has 0 atom stereocenters. The van der Waals surface area contributed by atoms with Gasteiger partial charge in [0, 0.05) is 18.2 Å². The van der Waals surface area contributed by atoms with Gasteiger partial charge in [0.05, 0.1) is 11.1 Å². The van der Waals surface area contributed by atoms with E-state index >= 15 is 0 Å². The number of H-pyrrole nitrogens is 1. The Kier molecular flexibility index (Phi) is 3.85. The summed E-state index contributed by atoms with van der Waals surface area (Å²) in [6, 6.07) is 19.6. The maximum absolute atomic E-state index is 11.3. The first-order chi connectivity index (χ1) is 12.6. The number of aromatic nitrogens is 3. The second-order valence-corrected chi connectivity index (χ2v) is 6.02. The summed E-state index contributed by atoms with van der Waals surface area (Å²) in [6.07, 6.45) is 0. The summed E-state index contributed by atoms with van der Waals surface area (Å²) in [4.78, 5) is 16.0. The lowest BCUT2D eigenvalue weighted by Gasteiger charge is -2.09. The number of hydrogen-bond acceptors (Lipinski definition) is 4. The highest BCUT2D eigenvalue weighted by Crippen LogP contribution is 2.34. The van der Waals surface area contributed by atoms with Gasteiger partial charge in [0.2, 0.25) is 5.91 Å². The monoisotopic (exact) mass is 343 g/mol. The molecule has 0 fully saturated rings. The third kappa shape index (κ3) is 2.88. The molecule has 0 saturated heterocycles. The summed E-state index contributed by atoms with van der Waals surface area (Å²) in [5, 5.41) is 10.6. The summed E-state index contributed by atoms with van der Waals surface area (Å²) >= 11 is 0. The van der Waals surface area contributed by atoms with Gasteiger partial charge >= 0.3 is 0 Å². The van der Waals surface area contributed by atoms with Crippen molar-refractivity contribution in [2.75, 3.05) is 11.1 Å². The molecule has 2 aromatic heterocycles. The summed E-state index contributed by atoms with van der Waals surface area (Å²) < 4.78 is 0. The van der Waals surface area contributed by atoms with Gasteiger partial charge in [0.1, 0.15) is 0 Å². The minimum Gasteiger partial charge on any atom is -0.382 e. The molecule has 0 aliphatic carbocycles. The summed E-state index contributed by atoms with van der Waals surface area (Å²) in [7, 11) is 0. The third-order valence-electron chi connectivity index (χ3n) is 4.12. The van der Waals surface area contributed by atoms with Crippen molar-refractivity contribution in [3.63, 3.8) is 0 Å². The number of nitrogens with two attached hydrogens (primary N) is 1. The Morgan fingerprint density at radius 1 is 1.04 bits per heavy atom. The number of nitrogens with zero attached hydrogens (tertiary/aromatic N) is 2. The van der Waals surface area contributed by atoms with Gasteiger partial charge in [-0.15, -0.1) is 0 Å². The standard InChI is InChI=1S/C20H17N5O/c1-12(26)22-15-9-5-8-14(10-15)17-11-16(13-6-3-2-4-7-13)18-19(21)24-25-20(18)23-17/h2-11H,1H3,(H,22,26)(H3,21,23,24,25). The fraction of sp³-hybridized carbons (Fsp3) is 0.0500. The van der Waals surface area contributed by atoms with Crippen LogP contribution in [0.2, 0.25) is 0 Å². The van der Waals surface area contributed by atoms with E-state index in [1.807, 2.05) is 60.7 Å². The zero-order chi connectivity index (χ0) is 18.1. The number of carbonyl (C=O) groups excluding carboxylic acids is 1. The molecule has 0 saturated carbocycles. The minimum absolute atomic E-state index is 0.114. The maximum Gasteiger partial charge on any atom is 0.221 e. The molecule has 0 radical (unpaired) electrons. The van der Waals surface area contributed by atoms with E-state index in [1.165, 1.54) is 6.92 Å². The number of nitrogen functional groups attached to an aromatic ring is 1. The van der Waals surface area contributed by atoms with E-state index in [4.69, 9.17) is 5.73 Å². The normalized spacial score (nSPS) is 10.8. The van der Waals surface area contributed by atoms with Gasteiger partial charge in [0.25, 0.3) is 0 Å². The zero-order valence-corrected chi connectivity index (χ0v) is 14.2. The number of anilines is 2. The van der Waals surface area contributed by atoms with Crippen LogP contribution < -0.4 is 11.1 Å². The lowest BCUT2D eigenvalue weighted by molar-refractivity contribution is -0.114. The zero-order valence-electron chi connectivity index (χ0n) is 14.2. The van der Waals surface area contributed by atoms with Gasteiger partial charge in [-0.3, -0.25) is 9.89 Å². The van der Waals surface area contributed by atoms with Crippen molar-refractivity contribution in [2.24, 2.45) is 0 Å². The van der Waals surface area contributed by atoms with Crippen molar-refractivity contribution in [1.29, 1.82) is 0 Å². The van der Waals surface area contributed by atoms with Crippen LogP contribution in [0.3, 0.4) is 0 Å². The van der Waals surface area contributed by atoms with E-state index in [9.17, 15) is 4.79 Å². The van der Waals surface area contributed by atoms with Crippen molar-refractivity contribution in [2.45, 2.75) is 6.92 Å². The van der Waals surface area contributed by atoms with Crippen LogP contribution in [0.4, 0.5) is 11.5 Å². The minimum atomic E-state index is -0.114. The van der Waals surface area contributed by atoms with E-state index in [1.54, 1.807) is 0 Å². The second kappa shape index (κ2) is 6.33. The van der Waals surface area contributed by atoms with Gasteiger partial charge in [-0.1, -0.05) is 42.5 Å². The molecule has 128 valence electrons. The maximum atomic E-state index is 11.3. The fourth-order valence-corrected chi connectivity index (χ4v) is 3.01. The first-order valence-electron chi connectivity index (χ1n) is 8.20. The van der Waals surface area contributed by atoms with Crippen molar-refractivity contribution < 1.29 is 4.79 Å². The van der Waals surface area contributed by atoms with E-state index in [0.717, 1.165) is 33.5 Å². The van der Waals surface area contributed by atoms with Crippen LogP contribution >= 0.6 is 0 Å². The van der Waals surface area contributed by atoms with Crippen molar-refractivity contribution in [3.05, 3.63) is 60.7 Å². The largest absolute Gasteiger partial charge is 0.382 e. The molecule has 2 heterocycles. The van der Waals surface area contributed by atoms with E-state index < -0.39 is 0 Å². The van der Waals surface area contributed by atoms with E-state index in [-0.39, 0.29) is 5.91 Å². The highest BCUT2D eigenvalue weighted by molar-refractivity contribution is 6.01. The lowest BCUT2D eigenvalue weighted by Crippen LogP contribution is -2.05. The number of nitrogens with one attached hydrogen (secondary N) is 2. The molecule has 0 aliphatic heterocycles. The van der Waals surface area contributed by atoms with Crippen LogP contribution in [0.1, 0.15) is 6.92 Å². The lowest BCUT2D eigenvalue weighted by atomic mass is 10.00. The SMILES string of the molecule is CC(=O)Nc1cccc(-c2cc(-c3ccccc3)c3c(N)n[nH]c3n2)c1. The van der Waals surface area contributed by atoms with Gasteiger partial charge in [-0.05, 0) is 29.3 Å². The van der Waals surface area contributed by atoms with Gasteiger partial charge < -0.3 is 11.1 Å². The van der Waals surface area contributed by atoms with Gasteiger partial charge in [-0.2, -0.15) is 5.10 Å². The fourth-order valence-electron chi connectivity index (χ4n) is 3.01. The molecule has 2 aromatic carbocycles. The summed E-state index contributed by atoms with van der Waals surface area (Å²) in [5.74, 6) is 0.307. The molecular weight excluding hydrogens is 326 g/mol. The Bertz CT molecular complexity index is 1100. The Hall–Kier alpha value is -3.67. The number of pyridine rings is 1. The molecule has 4 N–H and O–H groups in total. The number of aromatic amines is 1.